The number of likely N-dealkylation sites (tertiary alicyclic amines) is 1. The van der Waals surface area contributed by atoms with Crippen LogP contribution in [0.4, 0.5) is 0 Å². The van der Waals surface area contributed by atoms with Gasteiger partial charge in [-0.3, -0.25) is 4.79 Å². The number of hydrogen-bond acceptors (Lipinski definition) is 2. The summed E-state index contributed by atoms with van der Waals surface area (Å²) in [6, 6.07) is 8.34. The molecular weight excluding hydrogens is 226 g/mol. The number of nitrogens with zero attached hydrogens (tertiary/aromatic N) is 1. The third-order valence-corrected chi connectivity index (χ3v) is 3.57. The van der Waals surface area contributed by atoms with Crippen LogP contribution < -0.4 is 5.73 Å². The highest BCUT2D eigenvalue weighted by Crippen LogP contribution is 2.18. The Kier molecular flexibility index (Phi) is 2.80. The highest BCUT2D eigenvalue weighted by atomic mass is 16.2. The Balaban J connectivity index is 1.73. The van der Waals surface area contributed by atoms with Crippen LogP contribution in [0.2, 0.25) is 0 Å². The predicted octanol–water partition coefficient (Wildman–Crippen LogP) is 1.27. The maximum Gasteiger partial charge on any atom is 0.224 e. The molecule has 1 saturated heterocycles. The Hall–Kier alpha value is -1.81. The summed E-state index contributed by atoms with van der Waals surface area (Å²) in [5.74, 6) is 0.182. The third-order valence-electron chi connectivity index (χ3n) is 3.57. The number of aromatic amines is 1. The zero-order valence-electron chi connectivity index (χ0n) is 10.2. The molecule has 0 spiro atoms. The van der Waals surface area contributed by atoms with Crippen LogP contribution in [0.5, 0.6) is 0 Å². The number of hydrogen-bond donors (Lipinski definition) is 2. The van der Waals surface area contributed by atoms with Gasteiger partial charge in [0, 0.05) is 37.3 Å². The summed E-state index contributed by atoms with van der Waals surface area (Å²) in [5, 5.41) is 1.22. The second-order valence-electron chi connectivity index (χ2n) is 4.91. The second kappa shape index (κ2) is 4.46. The van der Waals surface area contributed by atoms with Gasteiger partial charge in [0.25, 0.3) is 0 Å². The number of rotatable bonds is 3. The van der Waals surface area contributed by atoms with E-state index in [4.69, 9.17) is 5.73 Å². The maximum absolute atomic E-state index is 11.7. The van der Waals surface area contributed by atoms with Crippen molar-refractivity contribution in [2.45, 2.75) is 18.9 Å². The number of para-hydroxylation sites is 1. The predicted molar refractivity (Wildman–Crippen MR) is 71.2 cm³/mol. The molecule has 0 radical (unpaired) electrons. The monoisotopic (exact) mass is 243 g/mol. The number of benzene rings is 1. The van der Waals surface area contributed by atoms with Crippen molar-refractivity contribution in [3.63, 3.8) is 0 Å². The molecule has 1 aliphatic heterocycles. The topological polar surface area (TPSA) is 62.1 Å². The normalized spacial score (nSPS) is 19.9. The van der Waals surface area contributed by atoms with Gasteiger partial charge in [0.05, 0.1) is 0 Å². The molecule has 4 nitrogen and oxygen atoms in total. The standard InChI is InChI=1S/C14H17N3O/c15-12-8-13(18)17(9-12)7-5-11-3-1-2-10-4-6-16-14(10)11/h1-4,6,12,16H,5,7-9,15H2. The molecule has 1 atom stereocenters. The lowest BCUT2D eigenvalue weighted by molar-refractivity contribution is -0.127. The number of carbonyl (C=O) groups is 1. The fourth-order valence-corrected chi connectivity index (χ4v) is 2.63. The molecule has 1 unspecified atom stereocenters. The van der Waals surface area contributed by atoms with Gasteiger partial charge in [-0.05, 0) is 23.4 Å². The first-order chi connectivity index (χ1) is 8.74. The van der Waals surface area contributed by atoms with E-state index in [9.17, 15) is 4.79 Å². The Bertz CT molecular complexity index is 575. The first-order valence-corrected chi connectivity index (χ1v) is 6.32. The molecule has 3 N–H and O–H groups in total. The minimum Gasteiger partial charge on any atom is -0.361 e. The minimum absolute atomic E-state index is 0.0128. The average molecular weight is 243 g/mol. The van der Waals surface area contributed by atoms with E-state index in [1.807, 2.05) is 11.1 Å². The zero-order valence-corrected chi connectivity index (χ0v) is 10.2. The number of amides is 1. The van der Waals surface area contributed by atoms with E-state index in [0.717, 1.165) is 13.0 Å². The smallest absolute Gasteiger partial charge is 0.224 e. The van der Waals surface area contributed by atoms with Crippen molar-refractivity contribution in [2.24, 2.45) is 5.73 Å². The van der Waals surface area contributed by atoms with Gasteiger partial charge in [0.1, 0.15) is 0 Å². The van der Waals surface area contributed by atoms with Crippen molar-refractivity contribution in [2.75, 3.05) is 13.1 Å². The van der Waals surface area contributed by atoms with E-state index in [2.05, 4.69) is 29.2 Å². The SMILES string of the molecule is NC1CC(=O)N(CCc2cccc3cc[nH]c23)C1. The van der Waals surface area contributed by atoms with Crippen LogP contribution in [0.25, 0.3) is 10.9 Å². The number of H-pyrrole nitrogens is 1. The van der Waals surface area contributed by atoms with Crippen LogP contribution >= 0.6 is 0 Å². The van der Waals surface area contributed by atoms with Crippen LogP contribution in [0.1, 0.15) is 12.0 Å². The summed E-state index contributed by atoms with van der Waals surface area (Å²) < 4.78 is 0. The van der Waals surface area contributed by atoms with Gasteiger partial charge in [-0.15, -0.1) is 0 Å². The van der Waals surface area contributed by atoms with E-state index in [0.29, 0.717) is 13.0 Å². The van der Waals surface area contributed by atoms with E-state index in [1.165, 1.54) is 16.5 Å². The summed E-state index contributed by atoms with van der Waals surface area (Å²) in [6.45, 7) is 1.45. The molecule has 1 aromatic carbocycles. The molecule has 94 valence electrons. The fraction of sp³-hybridized carbons (Fsp3) is 0.357. The molecule has 0 bridgehead atoms. The number of nitrogens with two attached hydrogens (primary N) is 1. The summed E-state index contributed by atoms with van der Waals surface area (Å²) in [7, 11) is 0. The van der Waals surface area contributed by atoms with Crippen molar-refractivity contribution in [3.05, 3.63) is 36.0 Å². The van der Waals surface area contributed by atoms with Crippen molar-refractivity contribution in [1.29, 1.82) is 0 Å². The number of carbonyl (C=O) groups excluding carboxylic acids is 1. The first-order valence-electron chi connectivity index (χ1n) is 6.32. The fourth-order valence-electron chi connectivity index (χ4n) is 2.63. The van der Waals surface area contributed by atoms with Crippen molar-refractivity contribution in [1.82, 2.24) is 9.88 Å². The minimum atomic E-state index is 0.0128. The van der Waals surface area contributed by atoms with Gasteiger partial charge in [0.2, 0.25) is 5.91 Å². The van der Waals surface area contributed by atoms with Gasteiger partial charge in [-0.2, -0.15) is 0 Å². The largest absolute Gasteiger partial charge is 0.361 e. The summed E-state index contributed by atoms with van der Waals surface area (Å²) >= 11 is 0. The van der Waals surface area contributed by atoms with E-state index in [-0.39, 0.29) is 11.9 Å². The Morgan fingerprint density at radius 3 is 3.06 bits per heavy atom. The van der Waals surface area contributed by atoms with Crippen molar-refractivity contribution < 1.29 is 4.79 Å². The van der Waals surface area contributed by atoms with Gasteiger partial charge in [0.15, 0.2) is 0 Å². The summed E-state index contributed by atoms with van der Waals surface area (Å²) in [5.41, 5.74) is 8.22. The van der Waals surface area contributed by atoms with Crippen LogP contribution in [-0.4, -0.2) is 34.9 Å². The molecule has 1 fully saturated rings. The van der Waals surface area contributed by atoms with E-state index in [1.54, 1.807) is 0 Å². The highest BCUT2D eigenvalue weighted by Gasteiger charge is 2.26. The molecule has 18 heavy (non-hydrogen) atoms. The lowest BCUT2D eigenvalue weighted by Crippen LogP contribution is -2.30. The Morgan fingerprint density at radius 1 is 1.39 bits per heavy atom. The van der Waals surface area contributed by atoms with E-state index < -0.39 is 0 Å². The molecule has 1 aromatic heterocycles. The zero-order chi connectivity index (χ0) is 12.5. The molecule has 2 heterocycles. The Morgan fingerprint density at radius 2 is 2.28 bits per heavy atom. The quantitative estimate of drug-likeness (QED) is 0.852. The summed E-state index contributed by atoms with van der Waals surface area (Å²) in [4.78, 5) is 16.8. The van der Waals surface area contributed by atoms with Gasteiger partial charge < -0.3 is 15.6 Å². The lowest BCUT2D eigenvalue weighted by atomic mass is 10.1. The number of nitrogens with one attached hydrogen (secondary N) is 1. The van der Waals surface area contributed by atoms with Gasteiger partial charge >= 0.3 is 0 Å². The molecular formula is C14H17N3O. The molecule has 3 rings (SSSR count). The van der Waals surface area contributed by atoms with Crippen LogP contribution in [0.15, 0.2) is 30.5 Å². The highest BCUT2D eigenvalue weighted by molar-refractivity contribution is 5.83. The lowest BCUT2D eigenvalue weighted by Gasteiger charge is -2.16. The van der Waals surface area contributed by atoms with Crippen molar-refractivity contribution >= 4 is 16.8 Å². The second-order valence-corrected chi connectivity index (χ2v) is 4.91. The molecule has 4 heteroatoms. The average Bonchev–Trinajstić information content (AvgIpc) is 2.93. The van der Waals surface area contributed by atoms with Crippen LogP contribution in [0.3, 0.4) is 0 Å². The molecule has 1 amide bonds. The van der Waals surface area contributed by atoms with E-state index >= 15 is 0 Å². The third kappa shape index (κ3) is 1.99. The van der Waals surface area contributed by atoms with Crippen LogP contribution in [-0.2, 0) is 11.2 Å². The van der Waals surface area contributed by atoms with Gasteiger partial charge in [-0.1, -0.05) is 18.2 Å². The maximum atomic E-state index is 11.7. The first kappa shape index (κ1) is 11.3. The van der Waals surface area contributed by atoms with Crippen molar-refractivity contribution in [3.8, 4) is 0 Å². The molecule has 1 aliphatic rings. The Labute approximate surface area is 106 Å². The number of aromatic nitrogens is 1. The molecule has 0 saturated carbocycles. The number of fused-ring (bicyclic) bond motifs is 1. The van der Waals surface area contributed by atoms with Crippen LogP contribution in [0, 0.1) is 0 Å². The molecule has 0 aliphatic carbocycles. The van der Waals surface area contributed by atoms with Gasteiger partial charge in [-0.25, -0.2) is 0 Å². The summed E-state index contributed by atoms with van der Waals surface area (Å²) in [6.07, 6.45) is 3.31. The molecule has 2 aromatic rings.